The van der Waals surface area contributed by atoms with Gasteiger partial charge in [-0.3, -0.25) is 9.59 Å². The number of amides is 2. The number of ether oxygens (including phenoxy) is 1. The van der Waals surface area contributed by atoms with E-state index in [2.05, 4.69) is 0 Å². The smallest absolute Gasteiger partial charge is 0.256 e. The largest absolute Gasteiger partial charge is 0.369 e. The van der Waals surface area contributed by atoms with Gasteiger partial charge in [-0.2, -0.15) is 0 Å². The summed E-state index contributed by atoms with van der Waals surface area (Å²) in [7, 11) is 0. The third kappa shape index (κ3) is 3.82. The van der Waals surface area contributed by atoms with E-state index in [0.29, 0.717) is 32.5 Å². The molecule has 1 atom stereocenters. The lowest BCUT2D eigenvalue weighted by molar-refractivity contribution is -0.146. The quantitative estimate of drug-likeness (QED) is 0.893. The van der Waals surface area contributed by atoms with E-state index in [0.717, 1.165) is 5.56 Å². The molecule has 21 heavy (non-hydrogen) atoms. The van der Waals surface area contributed by atoms with E-state index in [9.17, 15) is 9.59 Å². The first kappa shape index (κ1) is 15.5. The van der Waals surface area contributed by atoms with Gasteiger partial charge < -0.3 is 15.4 Å². The fourth-order valence-corrected chi connectivity index (χ4v) is 2.65. The Balaban J connectivity index is 2.04. The molecule has 5 nitrogen and oxygen atoms in total. The molecule has 0 saturated carbocycles. The summed E-state index contributed by atoms with van der Waals surface area (Å²) in [5.41, 5.74) is 6.18. The summed E-state index contributed by atoms with van der Waals surface area (Å²) >= 11 is 0. The van der Waals surface area contributed by atoms with Crippen molar-refractivity contribution in [3.63, 3.8) is 0 Å². The fraction of sp³-hybridized carbons (Fsp3) is 0.500. The van der Waals surface area contributed by atoms with Crippen molar-refractivity contribution in [2.75, 3.05) is 19.7 Å². The Morgan fingerprint density at radius 1 is 1.29 bits per heavy atom. The van der Waals surface area contributed by atoms with Gasteiger partial charge in [0.05, 0.1) is 0 Å². The van der Waals surface area contributed by atoms with Gasteiger partial charge in [0, 0.05) is 25.6 Å². The maximum atomic E-state index is 12.6. The first-order valence-corrected chi connectivity index (χ1v) is 7.38. The zero-order valence-electron chi connectivity index (χ0n) is 12.3. The van der Waals surface area contributed by atoms with Crippen molar-refractivity contribution in [2.45, 2.75) is 25.9 Å². The molecule has 2 amide bonds. The van der Waals surface area contributed by atoms with Crippen LogP contribution in [0, 0.1) is 5.92 Å². The van der Waals surface area contributed by atoms with Gasteiger partial charge in [-0.15, -0.1) is 0 Å². The monoisotopic (exact) mass is 290 g/mol. The van der Waals surface area contributed by atoms with Crippen LogP contribution in [0.25, 0.3) is 0 Å². The number of nitrogens with zero attached hydrogens (tertiary/aromatic N) is 1. The molecule has 1 unspecified atom stereocenters. The van der Waals surface area contributed by atoms with Crippen LogP contribution < -0.4 is 5.73 Å². The van der Waals surface area contributed by atoms with E-state index < -0.39 is 6.10 Å². The standard InChI is InChI=1S/C16H22N2O3/c1-2-21-14(12-6-4-3-5-7-12)16(20)18-10-8-13(9-11-18)15(17)19/h3-7,13-14H,2,8-11H2,1H3,(H2,17,19). The number of nitrogens with two attached hydrogens (primary N) is 1. The third-order valence-electron chi connectivity index (χ3n) is 3.87. The highest BCUT2D eigenvalue weighted by Gasteiger charge is 2.31. The summed E-state index contributed by atoms with van der Waals surface area (Å²) in [5, 5.41) is 0. The minimum absolute atomic E-state index is 0.0361. The van der Waals surface area contributed by atoms with Crippen molar-refractivity contribution in [2.24, 2.45) is 11.7 Å². The summed E-state index contributed by atoms with van der Waals surface area (Å²) in [6, 6.07) is 9.50. The molecule has 114 valence electrons. The average Bonchev–Trinajstić information content (AvgIpc) is 2.53. The van der Waals surface area contributed by atoms with Gasteiger partial charge in [0.15, 0.2) is 6.10 Å². The Morgan fingerprint density at radius 2 is 1.90 bits per heavy atom. The molecular formula is C16H22N2O3. The molecule has 0 aliphatic carbocycles. The van der Waals surface area contributed by atoms with Gasteiger partial charge in [-0.1, -0.05) is 30.3 Å². The van der Waals surface area contributed by atoms with Crippen molar-refractivity contribution in [1.82, 2.24) is 4.90 Å². The number of carbonyl (C=O) groups is 2. The number of primary amides is 1. The normalized spacial score (nSPS) is 17.5. The van der Waals surface area contributed by atoms with Crippen molar-refractivity contribution in [3.05, 3.63) is 35.9 Å². The first-order chi connectivity index (χ1) is 10.1. The van der Waals surface area contributed by atoms with Crippen LogP contribution in [0.1, 0.15) is 31.4 Å². The number of carbonyl (C=O) groups excluding carboxylic acids is 2. The third-order valence-corrected chi connectivity index (χ3v) is 3.87. The van der Waals surface area contributed by atoms with Crippen LogP contribution in [0.5, 0.6) is 0 Å². The maximum Gasteiger partial charge on any atom is 0.256 e. The topological polar surface area (TPSA) is 72.6 Å². The Kier molecular flexibility index (Phi) is 5.33. The molecule has 1 aromatic carbocycles. The number of piperidine rings is 1. The molecule has 5 heteroatoms. The second kappa shape index (κ2) is 7.22. The lowest BCUT2D eigenvalue weighted by atomic mass is 9.95. The Labute approximate surface area is 125 Å². The van der Waals surface area contributed by atoms with Crippen molar-refractivity contribution < 1.29 is 14.3 Å². The Bertz CT molecular complexity index is 482. The van der Waals surface area contributed by atoms with E-state index >= 15 is 0 Å². The minimum Gasteiger partial charge on any atom is -0.369 e. The van der Waals surface area contributed by atoms with Gasteiger partial charge in [-0.05, 0) is 25.3 Å². The van der Waals surface area contributed by atoms with E-state index in [1.54, 1.807) is 4.90 Å². The average molecular weight is 290 g/mol. The van der Waals surface area contributed by atoms with E-state index in [1.807, 2.05) is 37.3 Å². The van der Waals surface area contributed by atoms with E-state index in [-0.39, 0.29) is 17.7 Å². The predicted molar refractivity (Wildman–Crippen MR) is 79.3 cm³/mol. The molecule has 0 radical (unpaired) electrons. The minimum atomic E-state index is -0.568. The predicted octanol–water partition coefficient (Wildman–Crippen LogP) is 1.49. The molecular weight excluding hydrogens is 268 g/mol. The number of hydrogen-bond acceptors (Lipinski definition) is 3. The summed E-state index contributed by atoms with van der Waals surface area (Å²) in [6.45, 7) is 3.47. The first-order valence-electron chi connectivity index (χ1n) is 7.38. The molecule has 1 aliphatic rings. The SMILES string of the molecule is CCOC(C(=O)N1CCC(C(N)=O)CC1)c1ccccc1. The molecule has 1 saturated heterocycles. The zero-order chi connectivity index (χ0) is 15.2. The highest BCUT2D eigenvalue weighted by molar-refractivity contribution is 5.83. The Morgan fingerprint density at radius 3 is 2.43 bits per heavy atom. The van der Waals surface area contributed by atoms with Crippen LogP contribution in [-0.2, 0) is 14.3 Å². The molecule has 1 aliphatic heterocycles. The van der Waals surface area contributed by atoms with Crippen LogP contribution in [0.4, 0.5) is 0 Å². The molecule has 0 aromatic heterocycles. The van der Waals surface area contributed by atoms with Crippen LogP contribution in [0.3, 0.4) is 0 Å². The number of hydrogen-bond donors (Lipinski definition) is 1. The van der Waals surface area contributed by atoms with E-state index in [4.69, 9.17) is 10.5 Å². The molecule has 0 bridgehead atoms. The molecule has 2 N–H and O–H groups in total. The number of rotatable bonds is 5. The lowest BCUT2D eigenvalue weighted by Crippen LogP contribution is -2.44. The van der Waals surface area contributed by atoms with Gasteiger partial charge in [-0.25, -0.2) is 0 Å². The summed E-state index contributed by atoms with van der Waals surface area (Å²) in [5.74, 6) is -0.422. The Hall–Kier alpha value is -1.88. The van der Waals surface area contributed by atoms with Crippen molar-refractivity contribution in [1.29, 1.82) is 0 Å². The van der Waals surface area contributed by atoms with Crippen LogP contribution in [0.2, 0.25) is 0 Å². The molecule has 0 spiro atoms. The van der Waals surface area contributed by atoms with Gasteiger partial charge >= 0.3 is 0 Å². The summed E-state index contributed by atoms with van der Waals surface area (Å²) in [4.78, 5) is 25.6. The van der Waals surface area contributed by atoms with Crippen molar-refractivity contribution in [3.8, 4) is 0 Å². The van der Waals surface area contributed by atoms with Crippen LogP contribution >= 0.6 is 0 Å². The highest BCUT2D eigenvalue weighted by atomic mass is 16.5. The number of likely N-dealkylation sites (tertiary alicyclic amines) is 1. The van der Waals surface area contributed by atoms with Crippen LogP contribution in [0.15, 0.2) is 30.3 Å². The fourth-order valence-electron chi connectivity index (χ4n) is 2.65. The molecule has 1 heterocycles. The summed E-state index contributed by atoms with van der Waals surface area (Å²) in [6.07, 6.45) is 0.699. The van der Waals surface area contributed by atoms with Crippen molar-refractivity contribution >= 4 is 11.8 Å². The second-order valence-electron chi connectivity index (χ2n) is 5.25. The van der Waals surface area contributed by atoms with E-state index in [1.165, 1.54) is 0 Å². The summed E-state index contributed by atoms with van der Waals surface area (Å²) < 4.78 is 5.63. The van der Waals surface area contributed by atoms with Gasteiger partial charge in [0.1, 0.15) is 0 Å². The maximum absolute atomic E-state index is 12.6. The van der Waals surface area contributed by atoms with Gasteiger partial charge in [0.2, 0.25) is 5.91 Å². The zero-order valence-corrected chi connectivity index (χ0v) is 12.3. The molecule has 2 rings (SSSR count). The lowest BCUT2D eigenvalue weighted by Gasteiger charge is -2.33. The molecule has 1 fully saturated rings. The highest BCUT2D eigenvalue weighted by Crippen LogP contribution is 2.24. The molecule has 1 aromatic rings. The van der Waals surface area contributed by atoms with Crippen LogP contribution in [-0.4, -0.2) is 36.4 Å². The second-order valence-corrected chi connectivity index (χ2v) is 5.25. The number of benzene rings is 1. The van der Waals surface area contributed by atoms with Gasteiger partial charge in [0.25, 0.3) is 5.91 Å².